The number of carbonyl (C=O) groups is 2. The van der Waals surface area contributed by atoms with Gasteiger partial charge in [-0.15, -0.1) is 0 Å². The number of carbonyl (C=O) groups excluding carboxylic acids is 2. The molecule has 3 N–H and O–H groups in total. The van der Waals surface area contributed by atoms with Gasteiger partial charge in [-0.05, 0) is 38.5 Å². The molecule has 0 saturated carbocycles. The smallest absolute Gasteiger partial charge is 0.309 e. The number of hydrogen-bond donors (Lipinski definition) is 2. The number of H-pyrrole nitrogens is 1. The van der Waals surface area contributed by atoms with Crippen LogP contribution in [0.5, 0.6) is 0 Å². The zero-order chi connectivity index (χ0) is 25.9. The predicted octanol–water partition coefficient (Wildman–Crippen LogP) is 5.12. The van der Waals surface area contributed by atoms with E-state index in [-0.39, 0.29) is 12.3 Å². The number of anilines is 1. The van der Waals surface area contributed by atoms with E-state index >= 15 is 0 Å². The van der Waals surface area contributed by atoms with E-state index in [9.17, 15) is 14.7 Å². The topological polar surface area (TPSA) is 89.8 Å². The van der Waals surface area contributed by atoms with Crippen molar-refractivity contribution in [1.82, 2.24) is 0 Å². The van der Waals surface area contributed by atoms with Gasteiger partial charge >= 0.3 is 5.97 Å². The fourth-order valence-corrected chi connectivity index (χ4v) is 3.76. The maximum Gasteiger partial charge on any atom is 0.309 e. The Hall–Kier alpha value is -3.51. The van der Waals surface area contributed by atoms with Gasteiger partial charge in [0.15, 0.2) is 6.20 Å². The summed E-state index contributed by atoms with van der Waals surface area (Å²) in [5, 5.41) is 15.3. The van der Waals surface area contributed by atoms with Crippen molar-refractivity contribution in [2.45, 2.75) is 59.2 Å². The summed E-state index contributed by atoms with van der Waals surface area (Å²) in [6.45, 7) is 10.8. The van der Waals surface area contributed by atoms with E-state index in [1.54, 1.807) is 57.3 Å². The van der Waals surface area contributed by atoms with Gasteiger partial charge in [0, 0.05) is 22.6 Å². The average Bonchev–Trinajstić information content (AvgIpc) is 2.78. The van der Waals surface area contributed by atoms with Gasteiger partial charge in [-0.2, -0.15) is 0 Å². The minimum Gasteiger partial charge on any atom is -0.460 e. The van der Waals surface area contributed by atoms with Gasteiger partial charge in [0.05, 0.1) is 6.42 Å². The number of benzene rings is 2. The van der Waals surface area contributed by atoms with Gasteiger partial charge in [-0.25, -0.2) is 4.98 Å². The van der Waals surface area contributed by atoms with Crippen LogP contribution in [0.4, 0.5) is 5.69 Å². The summed E-state index contributed by atoms with van der Waals surface area (Å²) in [7, 11) is 0. The van der Waals surface area contributed by atoms with Crippen molar-refractivity contribution < 1.29 is 24.4 Å². The predicted molar refractivity (Wildman–Crippen MR) is 136 cm³/mol. The fourth-order valence-electron chi connectivity index (χ4n) is 3.76. The normalized spacial score (nSPS) is 13.6. The summed E-state index contributed by atoms with van der Waals surface area (Å²) in [5.41, 5.74) is -0.386. The summed E-state index contributed by atoms with van der Waals surface area (Å²) < 4.78 is 5.57. The van der Waals surface area contributed by atoms with Crippen molar-refractivity contribution in [3.63, 3.8) is 0 Å². The second-order valence-corrected chi connectivity index (χ2v) is 10.7. The van der Waals surface area contributed by atoms with Crippen molar-refractivity contribution in [3.05, 3.63) is 84.1 Å². The SMILES string of the molecule is CC(C)(C)OC(=O)CC(O)(c1ccccc1)c1cc[nH+]c(-c2ccccc2)c1NC(=O)C(C)(C)C. The monoisotopic (exact) mass is 475 g/mol. The highest BCUT2D eigenvalue weighted by Gasteiger charge is 2.41. The Labute approximate surface area is 207 Å². The summed E-state index contributed by atoms with van der Waals surface area (Å²) in [6, 6.07) is 20.2. The third kappa shape index (κ3) is 6.34. The lowest BCUT2D eigenvalue weighted by Crippen LogP contribution is -2.37. The largest absolute Gasteiger partial charge is 0.460 e. The lowest BCUT2D eigenvalue weighted by molar-refractivity contribution is -0.364. The first kappa shape index (κ1) is 26.1. The Morgan fingerprint density at radius 2 is 1.46 bits per heavy atom. The Balaban J connectivity index is 2.26. The van der Waals surface area contributed by atoms with E-state index in [2.05, 4.69) is 10.3 Å². The molecule has 0 saturated heterocycles. The summed E-state index contributed by atoms with van der Waals surface area (Å²) in [4.78, 5) is 29.4. The Bertz CT molecular complexity index is 1180. The Kier molecular flexibility index (Phi) is 7.46. The molecule has 0 aliphatic heterocycles. The van der Waals surface area contributed by atoms with E-state index in [1.165, 1.54) is 0 Å². The van der Waals surface area contributed by atoms with Crippen LogP contribution in [-0.2, 0) is 19.9 Å². The molecule has 3 aromatic rings. The maximum absolute atomic E-state index is 13.1. The standard InChI is InChI=1S/C29H34N2O4/c1-27(2,3)26(33)31-25-22(17-18-30-24(25)20-13-9-7-10-14-20)29(34,21-15-11-8-12-16-21)19-23(32)35-28(4,5)6/h7-18,34H,19H2,1-6H3,(H,31,33)/p+1. The minimum absolute atomic E-state index is 0.219. The molecule has 6 heteroatoms. The molecule has 1 amide bonds. The van der Waals surface area contributed by atoms with E-state index < -0.39 is 22.6 Å². The lowest BCUT2D eigenvalue weighted by atomic mass is 9.81. The van der Waals surface area contributed by atoms with Gasteiger partial charge in [-0.1, -0.05) is 69.3 Å². The number of rotatable bonds is 6. The number of aromatic amines is 1. The van der Waals surface area contributed by atoms with Crippen LogP contribution < -0.4 is 10.3 Å². The molecular formula is C29H35N2O4+. The van der Waals surface area contributed by atoms with Gasteiger partial charge in [0.2, 0.25) is 11.6 Å². The molecule has 0 fully saturated rings. The van der Waals surface area contributed by atoms with E-state index in [1.807, 2.05) is 57.2 Å². The van der Waals surface area contributed by atoms with Crippen LogP contribution in [-0.4, -0.2) is 22.6 Å². The molecule has 0 aliphatic rings. The van der Waals surface area contributed by atoms with Crippen LogP contribution in [0.3, 0.4) is 0 Å². The fraction of sp³-hybridized carbons (Fsp3) is 0.345. The second-order valence-electron chi connectivity index (χ2n) is 10.7. The van der Waals surface area contributed by atoms with E-state index in [0.29, 0.717) is 22.5 Å². The molecule has 184 valence electrons. The molecule has 1 unspecified atom stereocenters. The molecular weight excluding hydrogens is 440 g/mol. The first-order valence-electron chi connectivity index (χ1n) is 11.7. The van der Waals surface area contributed by atoms with Gasteiger partial charge in [-0.3, -0.25) is 9.59 Å². The Morgan fingerprint density at radius 3 is 2.00 bits per heavy atom. The molecule has 2 aromatic carbocycles. The molecule has 1 atom stereocenters. The summed E-state index contributed by atoms with van der Waals surface area (Å²) in [6.07, 6.45) is 1.37. The number of pyridine rings is 1. The molecule has 6 nitrogen and oxygen atoms in total. The van der Waals surface area contributed by atoms with Crippen LogP contribution in [0.25, 0.3) is 11.3 Å². The van der Waals surface area contributed by atoms with Crippen molar-refractivity contribution in [2.75, 3.05) is 5.32 Å². The third-order valence-electron chi connectivity index (χ3n) is 5.50. The second kappa shape index (κ2) is 10.0. The number of ether oxygens (including phenoxy) is 1. The molecule has 35 heavy (non-hydrogen) atoms. The zero-order valence-electron chi connectivity index (χ0n) is 21.3. The van der Waals surface area contributed by atoms with E-state index in [4.69, 9.17) is 4.74 Å². The number of esters is 1. The van der Waals surface area contributed by atoms with Crippen LogP contribution in [0.2, 0.25) is 0 Å². The number of nitrogens with one attached hydrogen (secondary N) is 2. The highest BCUT2D eigenvalue weighted by molar-refractivity contribution is 5.98. The molecule has 0 aliphatic carbocycles. The molecule has 0 bridgehead atoms. The lowest BCUT2D eigenvalue weighted by Gasteiger charge is -2.32. The molecule has 1 heterocycles. The molecule has 0 radical (unpaired) electrons. The van der Waals surface area contributed by atoms with Crippen LogP contribution in [0.15, 0.2) is 72.9 Å². The molecule has 1 aromatic heterocycles. The van der Waals surface area contributed by atoms with Crippen molar-refractivity contribution >= 4 is 17.6 Å². The van der Waals surface area contributed by atoms with Gasteiger partial charge in [0.25, 0.3) is 0 Å². The Morgan fingerprint density at radius 1 is 0.886 bits per heavy atom. The van der Waals surface area contributed by atoms with Gasteiger partial charge < -0.3 is 15.2 Å². The highest BCUT2D eigenvalue weighted by Crippen LogP contribution is 2.41. The maximum atomic E-state index is 13.1. The van der Waals surface area contributed by atoms with Crippen molar-refractivity contribution in [3.8, 4) is 11.3 Å². The summed E-state index contributed by atoms with van der Waals surface area (Å²) in [5.74, 6) is -0.769. The first-order chi connectivity index (χ1) is 16.3. The van der Waals surface area contributed by atoms with Gasteiger partial charge in [0.1, 0.15) is 16.9 Å². The number of amides is 1. The van der Waals surface area contributed by atoms with Crippen LogP contribution in [0.1, 0.15) is 59.1 Å². The first-order valence-corrected chi connectivity index (χ1v) is 11.7. The number of aromatic nitrogens is 1. The van der Waals surface area contributed by atoms with Crippen molar-refractivity contribution in [2.24, 2.45) is 5.41 Å². The van der Waals surface area contributed by atoms with Crippen LogP contribution >= 0.6 is 0 Å². The van der Waals surface area contributed by atoms with Crippen LogP contribution in [0, 0.1) is 5.41 Å². The molecule has 3 rings (SSSR count). The average molecular weight is 476 g/mol. The minimum atomic E-state index is -1.76. The summed E-state index contributed by atoms with van der Waals surface area (Å²) >= 11 is 0. The quantitative estimate of drug-likeness (QED) is 0.484. The van der Waals surface area contributed by atoms with E-state index in [0.717, 1.165) is 5.56 Å². The number of hydrogen-bond acceptors (Lipinski definition) is 4. The van der Waals surface area contributed by atoms with Crippen molar-refractivity contribution in [1.29, 1.82) is 0 Å². The number of aliphatic hydroxyl groups is 1. The highest BCUT2D eigenvalue weighted by atomic mass is 16.6. The molecule has 0 spiro atoms. The third-order valence-corrected chi connectivity index (χ3v) is 5.50. The zero-order valence-corrected chi connectivity index (χ0v) is 21.3.